The van der Waals surface area contributed by atoms with Gasteiger partial charge in [0.15, 0.2) is 5.54 Å². The van der Waals surface area contributed by atoms with Crippen molar-refractivity contribution in [2.75, 3.05) is 13.2 Å². The highest BCUT2D eigenvalue weighted by Gasteiger charge is 2.43. The number of ether oxygens (including phenoxy) is 1. The van der Waals surface area contributed by atoms with E-state index in [9.17, 15) is 9.59 Å². The van der Waals surface area contributed by atoms with Crippen LogP contribution in [0.4, 0.5) is 0 Å². The van der Waals surface area contributed by atoms with Gasteiger partial charge in [-0.25, -0.2) is 4.79 Å². The van der Waals surface area contributed by atoms with E-state index in [0.29, 0.717) is 19.4 Å². The van der Waals surface area contributed by atoms with Crippen LogP contribution in [0, 0.1) is 0 Å². The summed E-state index contributed by atoms with van der Waals surface area (Å²) in [6.45, 7) is 3.91. The minimum atomic E-state index is -1.22. The third-order valence-electron chi connectivity index (χ3n) is 2.39. The monoisotopic (exact) mass is 213 g/mol. The van der Waals surface area contributed by atoms with Crippen molar-refractivity contribution in [2.45, 2.75) is 24.8 Å². The molecule has 0 aliphatic carbocycles. The fourth-order valence-corrected chi connectivity index (χ4v) is 1.45. The first-order valence-electron chi connectivity index (χ1n) is 4.84. The summed E-state index contributed by atoms with van der Waals surface area (Å²) in [5.74, 6) is -1.31. The van der Waals surface area contributed by atoms with E-state index in [2.05, 4.69) is 11.9 Å². The lowest BCUT2D eigenvalue weighted by molar-refractivity contribution is -0.147. The smallest absolute Gasteiger partial charge is 0.331 e. The van der Waals surface area contributed by atoms with Gasteiger partial charge in [0.05, 0.1) is 6.61 Å². The van der Waals surface area contributed by atoms with E-state index in [1.807, 2.05) is 0 Å². The molecule has 0 aromatic carbocycles. The molecule has 1 heterocycles. The third kappa shape index (κ3) is 2.79. The van der Waals surface area contributed by atoms with Gasteiger partial charge in [-0.15, -0.1) is 6.58 Å². The predicted octanol–water partition coefficient (Wildman–Crippen LogP) is 0.312. The number of amides is 1. The van der Waals surface area contributed by atoms with Crippen LogP contribution >= 0.6 is 0 Å². The van der Waals surface area contributed by atoms with E-state index >= 15 is 0 Å². The summed E-state index contributed by atoms with van der Waals surface area (Å²) in [5, 5.41) is 11.5. The van der Waals surface area contributed by atoms with Crippen molar-refractivity contribution < 1.29 is 19.4 Å². The Kier molecular flexibility index (Phi) is 3.85. The molecular formula is C10H15NO4. The maximum atomic E-state index is 11.4. The van der Waals surface area contributed by atoms with Crippen molar-refractivity contribution in [1.82, 2.24) is 5.32 Å². The van der Waals surface area contributed by atoms with Crippen LogP contribution in [0.5, 0.6) is 0 Å². The SMILES string of the molecule is C=CCCC(=O)NC1(C(=O)O)CCOC1. The minimum absolute atomic E-state index is 0.0438. The van der Waals surface area contributed by atoms with E-state index in [1.54, 1.807) is 6.08 Å². The molecule has 2 N–H and O–H groups in total. The van der Waals surface area contributed by atoms with Crippen LogP contribution in [0.2, 0.25) is 0 Å². The summed E-state index contributed by atoms with van der Waals surface area (Å²) in [5.41, 5.74) is -1.22. The van der Waals surface area contributed by atoms with Crippen molar-refractivity contribution in [3.63, 3.8) is 0 Å². The Labute approximate surface area is 88.1 Å². The van der Waals surface area contributed by atoms with Gasteiger partial charge in [-0.2, -0.15) is 0 Å². The van der Waals surface area contributed by atoms with Crippen molar-refractivity contribution in [1.29, 1.82) is 0 Å². The van der Waals surface area contributed by atoms with Crippen molar-refractivity contribution in [2.24, 2.45) is 0 Å². The summed E-state index contributed by atoms with van der Waals surface area (Å²) >= 11 is 0. The Morgan fingerprint density at radius 1 is 1.60 bits per heavy atom. The van der Waals surface area contributed by atoms with Gasteiger partial charge in [0, 0.05) is 19.4 Å². The van der Waals surface area contributed by atoms with E-state index < -0.39 is 11.5 Å². The van der Waals surface area contributed by atoms with Gasteiger partial charge in [0.1, 0.15) is 0 Å². The second-order valence-corrected chi connectivity index (χ2v) is 3.57. The Bertz CT molecular complexity index is 269. The molecule has 0 aromatic rings. The fourth-order valence-electron chi connectivity index (χ4n) is 1.45. The molecule has 1 aliphatic heterocycles. The lowest BCUT2D eigenvalue weighted by Crippen LogP contribution is -2.55. The average molecular weight is 213 g/mol. The first-order chi connectivity index (χ1) is 7.10. The Morgan fingerprint density at radius 3 is 2.80 bits per heavy atom. The van der Waals surface area contributed by atoms with Crippen LogP contribution in [0.25, 0.3) is 0 Å². The number of rotatable bonds is 5. The van der Waals surface area contributed by atoms with Gasteiger partial charge in [0.2, 0.25) is 5.91 Å². The zero-order valence-corrected chi connectivity index (χ0v) is 8.49. The van der Waals surface area contributed by atoms with E-state index in [1.165, 1.54) is 0 Å². The highest BCUT2D eigenvalue weighted by molar-refractivity contribution is 5.87. The zero-order chi connectivity index (χ0) is 11.3. The summed E-state index contributed by atoms with van der Waals surface area (Å²) in [7, 11) is 0. The molecule has 1 aliphatic rings. The molecule has 84 valence electrons. The number of allylic oxidation sites excluding steroid dienone is 1. The molecule has 1 unspecified atom stereocenters. The standard InChI is InChI=1S/C10H15NO4/c1-2-3-4-8(12)11-10(9(13)14)5-6-15-7-10/h2H,1,3-7H2,(H,11,12)(H,13,14). The summed E-state index contributed by atoms with van der Waals surface area (Å²) < 4.78 is 5.01. The Morgan fingerprint density at radius 2 is 2.33 bits per heavy atom. The van der Waals surface area contributed by atoms with Crippen LogP contribution in [-0.2, 0) is 14.3 Å². The van der Waals surface area contributed by atoms with E-state index in [-0.39, 0.29) is 18.9 Å². The first kappa shape index (κ1) is 11.7. The van der Waals surface area contributed by atoms with Crippen molar-refractivity contribution in [3.05, 3.63) is 12.7 Å². The number of carboxylic acids is 1. The second kappa shape index (κ2) is 4.93. The van der Waals surface area contributed by atoms with Gasteiger partial charge in [-0.3, -0.25) is 4.79 Å². The van der Waals surface area contributed by atoms with Crippen LogP contribution < -0.4 is 5.32 Å². The van der Waals surface area contributed by atoms with Gasteiger partial charge in [0.25, 0.3) is 0 Å². The second-order valence-electron chi connectivity index (χ2n) is 3.57. The zero-order valence-electron chi connectivity index (χ0n) is 8.49. The van der Waals surface area contributed by atoms with Crippen molar-refractivity contribution in [3.8, 4) is 0 Å². The lowest BCUT2D eigenvalue weighted by atomic mass is 9.99. The van der Waals surface area contributed by atoms with Crippen LogP contribution in [-0.4, -0.2) is 35.7 Å². The fraction of sp³-hybridized carbons (Fsp3) is 0.600. The molecule has 5 nitrogen and oxygen atoms in total. The number of hydrogen-bond donors (Lipinski definition) is 2. The van der Waals surface area contributed by atoms with Gasteiger partial charge in [-0.05, 0) is 6.42 Å². The average Bonchev–Trinajstić information content (AvgIpc) is 2.64. The molecular weight excluding hydrogens is 198 g/mol. The number of hydrogen-bond acceptors (Lipinski definition) is 3. The molecule has 1 rings (SSSR count). The summed E-state index contributed by atoms with van der Waals surface area (Å²) in [6, 6.07) is 0. The van der Waals surface area contributed by atoms with Crippen LogP contribution in [0.1, 0.15) is 19.3 Å². The molecule has 0 aromatic heterocycles. The number of carbonyl (C=O) groups is 2. The maximum absolute atomic E-state index is 11.4. The van der Waals surface area contributed by atoms with Gasteiger partial charge in [-0.1, -0.05) is 6.08 Å². The predicted molar refractivity (Wildman–Crippen MR) is 53.4 cm³/mol. The molecule has 1 atom stereocenters. The molecule has 15 heavy (non-hydrogen) atoms. The quantitative estimate of drug-likeness (QED) is 0.644. The summed E-state index contributed by atoms with van der Waals surface area (Å²) in [6.07, 6.45) is 2.75. The van der Waals surface area contributed by atoms with Gasteiger partial charge >= 0.3 is 5.97 Å². The first-order valence-corrected chi connectivity index (χ1v) is 4.84. The van der Waals surface area contributed by atoms with Gasteiger partial charge < -0.3 is 15.2 Å². The van der Waals surface area contributed by atoms with Crippen molar-refractivity contribution >= 4 is 11.9 Å². The molecule has 0 radical (unpaired) electrons. The van der Waals surface area contributed by atoms with E-state index in [4.69, 9.17) is 9.84 Å². The highest BCUT2D eigenvalue weighted by Crippen LogP contribution is 2.19. The molecule has 5 heteroatoms. The maximum Gasteiger partial charge on any atom is 0.331 e. The molecule has 1 fully saturated rings. The lowest BCUT2D eigenvalue weighted by Gasteiger charge is -2.23. The third-order valence-corrected chi connectivity index (χ3v) is 2.39. The molecule has 1 saturated heterocycles. The minimum Gasteiger partial charge on any atom is -0.479 e. The van der Waals surface area contributed by atoms with Crippen LogP contribution in [0.3, 0.4) is 0 Å². The molecule has 0 saturated carbocycles. The molecule has 1 amide bonds. The number of carbonyl (C=O) groups excluding carboxylic acids is 1. The number of nitrogens with one attached hydrogen (secondary N) is 1. The van der Waals surface area contributed by atoms with E-state index in [0.717, 1.165) is 0 Å². The normalized spacial score (nSPS) is 24.8. The highest BCUT2D eigenvalue weighted by atomic mass is 16.5. The summed E-state index contributed by atoms with van der Waals surface area (Å²) in [4.78, 5) is 22.4. The molecule has 0 bridgehead atoms. The Balaban J connectivity index is 2.55. The number of carboxylic acid groups (broad SMARTS) is 1. The Hall–Kier alpha value is -1.36. The largest absolute Gasteiger partial charge is 0.479 e. The topological polar surface area (TPSA) is 75.6 Å². The number of aliphatic carboxylic acids is 1. The molecule has 0 spiro atoms. The van der Waals surface area contributed by atoms with Crippen LogP contribution in [0.15, 0.2) is 12.7 Å².